The van der Waals surface area contributed by atoms with Crippen molar-refractivity contribution in [3.05, 3.63) is 22.4 Å². The van der Waals surface area contributed by atoms with E-state index in [1.54, 1.807) is 16.2 Å². The second kappa shape index (κ2) is 6.24. The molecule has 0 aliphatic carbocycles. The molecule has 2 amide bonds. The first-order valence-electron chi connectivity index (χ1n) is 5.91. The average Bonchev–Trinajstić information content (AvgIpc) is 2.97. The first-order chi connectivity index (χ1) is 8.66. The van der Waals surface area contributed by atoms with E-state index in [9.17, 15) is 9.59 Å². The van der Waals surface area contributed by atoms with Crippen LogP contribution >= 0.6 is 23.1 Å². The smallest absolute Gasteiger partial charge is 0.281 e. The number of hydrogen-bond donors (Lipinski definition) is 1. The topological polar surface area (TPSA) is 49.4 Å². The molecule has 18 heavy (non-hydrogen) atoms. The molecule has 1 saturated heterocycles. The normalized spacial score (nSPS) is 16.9. The monoisotopic (exact) mass is 284 g/mol. The number of rotatable bonds is 5. The summed E-state index contributed by atoms with van der Waals surface area (Å²) in [5.74, 6) is 0.840. The molecule has 1 unspecified atom stereocenters. The zero-order chi connectivity index (χ0) is 13.0. The van der Waals surface area contributed by atoms with Gasteiger partial charge in [-0.05, 0) is 18.4 Å². The lowest BCUT2D eigenvalue weighted by Gasteiger charge is -2.16. The van der Waals surface area contributed by atoms with Gasteiger partial charge in [0, 0.05) is 30.1 Å². The van der Waals surface area contributed by atoms with Crippen LogP contribution in [0.15, 0.2) is 17.5 Å². The minimum Gasteiger partial charge on any atom is -0.349 e. The van der Waals surface area contributed by atoms with Crippen LogP contribution in [0.3, 0.4) is 0 Å². The Morgan fingerprint density at radius 1 is 1.61 bits per heavy atom. The molecular weight excluding hydrogens is 268 g/mol. The highest BCUT2D eigenvalue weighted by molar-refractivity contribution is 8.13. The average molecular weight is 284 g/mol. The second-order valence-corrected chi connectivity index (χ2v) is 6.18. The van der Waals surface area contributed by atoms with Crippen molar-refractivity contribution in [3.63, 3.8) is 0 Å². The Morgan fingerprint density at radius 2 is 2.44 bits per heavy atom. The summed E-state index contributed by atoms with van der Waals surface area (Å²) in [7, 11) is 0. The standard InChI is InChI=1S/C12H16N2O2S2/c1-9(10-3-2-7-17-10)13-11(15)4-5-14-6-8-18-12(14)16/h2-3,7,9H,4-6,8H2,1H3,(H,13,15). The number of nitrogens with one attached hydrogen (secondary N) is 1. The summed E-state index contributed by atoms with van der Waals surface area (Å²) >= 11 is 2.96. The van der Waals surface area contributed by atoms with Crippen LogP contribution in [0.5, 0.6) is 0 Å². The maximum Gasteiger partial charge on any atom is 0.281 e. The van der Waals surface area contributed by atoms with Gasteiger partial charge in [0.05, 0.1) is 6.04 Å². The van der Waals surface area contributed by atoms with Crippen molar-refractivity contribution < 1.29 is 9.59 Å². The third kappa shape index (κ3) is 3.49. The van der Waals surface area contributed by atoms with Gasteiger partial charge in [0.2, 0.25) is 5.91 Å². The number of thiophene rings is 1. The van der Waals surface area contributed by atoms with Crippen molar-refractivity contribution in [2.45, 2.75) is 19.4 Å². The van der Waals surface area contributed by atoms with Gasteiger partial charge in [-0.2, -0.15) is 0 Å². The molecular formula is C12H16N2O2S2. The Labute approximate surface area is 115 Å². The third-order valence-corrected chi connectivity index (χ3v) is 4.75. The molecule has 1 aromatic rings. The fourth-order valence-corrected chi connectivity index (χ4v) is 3.37. The van der Waals surface area contributed by atoms with Crippen molar-refractivity contribution in [2.75, 3.05) is 18.8 Å². The highest BCUT2D eigenvalue weighted by Gasteiger charge is 2.21. The Kier molecular flexibility index (Phi) is 4.66. The highest BCUT2D eigenvalue weighted by atomic mass is 32.2. The fraction of sp³-hybridized carbons (Fsp3) is 0.500. The van der Waals surface area contributed by atoms with Crippen LogP contribution in [0.4, 0.5) is 4.79 Å². The highest BCUT2D eigenvalue weighted by Crippen LogP contribution is 2.19. The molecule has 1 aliphatic heterocycles. The van der Waals surface area contributed by atoms with Gasteiger partial charge in [-0.3, -0.25) is 9.59 Å². The predicted molar refractivity (Wildman–Crippen MR) is 74.9 cm³/mol. The minimum absolute atomic E-state index is 0.000556. The molecule has 0 bridgehead atoms. The Bertz CT molecular complexity index is 420. The van der Waals surface area contributed by atoms with Crippen LogP contribution in [-0.2, 0) is 4.79 Å². The minimum atomic E-state index is 0.000556. The quantitative estimate of drug-likeness (QED) is 0.903. The van der Waals surface area contributed by atoms with E-state index in [0.29, 0.717) is 13.0 Å². The molecule has 6 heteroatoms. The number of carbonyl (C=O) groups is 2. The van der Waals surface area contributed by atoms with Gasteiger partial charge in [-0.25, -0.2) is 0 Å². The fourth-order valence-electron chi connectivity index (χ4n) is 1.79. The number of nitrogens with zero attached hydrogens (tertiary/aromatic N) is 1. The zero-order valence-corrected chi connectivity index (χ0v) is 11.9. The Morgan fingerprint density at radius 3 is 3.06 bits per heavy atom. The van der Waals surface area contributed by atoms with E-state index >= 15 is 0 Å². The molecule has 98 valence electrons. The van der Waals surface area contributed by atoms with Gasteiger partial charge >= 0.3 is 0 Å². The Balaban J connectivity index is 1.73. The van der Waals surface area contributed by atoms with Crippen molar-refractivity contribution >= 4 is 34.2 Å². The SMILES string of the molecule is CC(NC(=O)CCN1CCSC1=O)c1cccs1. The summed E-state index contributed by atoms with van der Waals surface area (Å²) in [5.41, 5.74) is 0. The first kappa shape index (κ1) is 13.4. The van der Waals surface area contributed by atoms with E-state index < -0.39 is 0 Å². The van der Waals surface area contributed by atoms with Gasteiger partial charge in [-0.15, -0.1) is 11.3 Å². The molecule has 0 saturated carbocycles. The molecule has 0 spiro atoms. The van der Waals surface area contributed by atoms with Crippen molar-refractivity contribution in [1.82, 2.24) is 10.2 Å². The summed E-state index contributed by atoms with van der Waals surface area (Å²) in [6.45, 7) is 3.26. The second-order valence-electron chi connectivity index (χ2n) is 4.16. The molecule has 1 N–H and O–H groups in total. The maximum absolute atomic E-state index is 11.8. The predicted octanol–water partition coefficient (Wildman–Crippen LogP) is 2.48. The van der Waals surface area contributed by atoms with E-state index in [2.05, 4.69) is 5.32 Å². The zero-order valence-electron chi connectivity index (χ0n) is 10.2. The molecule has 0 radical (unpaired) electrons. The summed E-state index contributed by atoms with van der Waals surface area (Å²) in [6, 6.07) is 4.03. The van der Waals surface area contributed by atoms with Crippen LogP contribution in [0.1, 0.15) is 24.3 Å². The molecule has 1 aliphatic rings. The van der Waals surface area contributed by atoms with Crippen molar-refractivity contribution in [1.29, 1.82) is 0 Å². The molecule has 0 aromatic carbocycles. The van der Waals surface area contributed by atoms with Gasteiger partial charge in [0.15, 0.2) is 0 Å². The largest absolute Gasteiger partial charge is 0.349 e. The molecule has 1 aromatic heterocycles. The van der Waals surface area contributed by atoms with Crippen LogP contribution in [0.2, 0.25) is 0 Å². The molecule has 1 fully saturated rings. The van der Waals surface area contributed by atoms with Crippen LogP contribution in [0, 0.1) is 0 Å². The molecule has 4 nitrogen and oxygen atoms in total. The number of amides is 2. The third-order valence-electron chi connectivity index (χ3n) is 2.80. The summed E-state index contributed by atoms with van der Waals surface area (Å²) in [5, 5.41) is 5.04. The summed E-state index contributed by atoms with van der Waals surface area (Å²) < 4.78 is 0. The molecule has 2 heterocycles. The summed E-state index contributed by atoms with van der Waals surface area (Å²) in [4.78, 5) is 26.0. The number of thioether (sulfide) groups is 1. The van der Waals surface area contributed by atoms with Gasteiger partial charge in [-0.1, -0.05) is 17.8 Å². The van der Waals surface area contributed by atoms with E-state index in [4.69, 9.17) is 0 Å². The van der Waals surface area contributed by atoms with Crippen molar-refractivity contribution in [3.8, 4) is 0 Å². The summed E-state index contributed by atoms with van der Waals surface area (Å²) in [6.07, 6.45) is 0.377. The van der Waals surface area contributed by atoms with E-state index in [-0.39, 0.29) is 17.2 Å². The lowest BCUT2D eigenvalue weighted by molar-refractivity contribution is -0.121. The van der Waals surface area contributed by atoms with E-state index in [1.807, 2.05) is 24.4 Å². The van der Waals surface area contributed by atoms with Crippen molar-refractivity contribution in [2.24, 2.45) is 0 Å². The van der Waals surface area contributed by atoms with Crippen LogP contribution in [-0.4, -0.2) is 34.9 Å². The van der Waals surface area contributed by atoms with Gasteiger partial charge in [0.1, 0.15) is 0 Å². The van der Waals surface area contributed by atoms with E-state index in [0.717, 1.165) is 17.2 Å². The molecule has 1 atom stereocenters. The maximum atomic E-state index is 11.8. The first-order valence-corrected chi connectivity index (χ1v) is 7.78. The number of carbonyl (C=O) groups excluding carboxylic acids is 2. The Hall–Kier alpha value is -1.01. The van der Waals surface area contributed by atoms with Gasteiger partial charge in [0.25, 0.3) is 5.24 Å². The van der Waals surface area contributed by atoms with E-state index in [1.165, 1.54) is 11.8 Å². The lowest BCUT2D eigenvalue weighted by Crippen LogP contribution is -2.32. The molecule has 2 rings (SSSR count). The number of hydrogen-bond acceptors (Lipinski definition) is 4. The lowest BCUT2D eigenvalue weighted by atomic mass is 10.2. The van der Waals surface area contributed by atoms with Crippen LogP contribution < -0.4 is 5.32 Å². The van der Waals surface area contributed by atoms with Gasteiger partial charge < -0.3 is 10.2 Å². The van der Waals surface area contributed by atoms with Crippen LogP contribution in [0.25, 0.3) is 0 Å².